The Balaban J connectivity index is 1.65. The van der Waals surface area contributed by atoms with Crippen molar-refractivity contribution in [2.45, 2.75) is 18.8 Å². The zero-order valence-electron chi connectivity index (χ0n) is 8.70. The van der Waals surface area contributed by atoms with E-state index in [2.05, 4.69) is 29.6 Å². The van der Waals surface area contributed by atoms with Gasteiger partial charge in [-0.3, -0.25) is 4.79 Å². The number of benzene rings is 1. The molecule has 1 aromatic rings. The van der Waals surface area contributed by atoms with Crippen molar-refractivity contribution in [2.24, 2.45) is 5.92 Å². The average Bonchev–Trinajstić information content (AvgIpc) is 2.11. The summed E-state index contributed by atoms with van der Waals surface area (Å²) < 4.78 is 0. The predicted octanol–water partition coefficient (Wildman–Crippen LogP) is 1.50. The molecule has 1 atom stereocenters. The molecule has 1 aromatic carbocycles. The number of rotatable bonds is 3. The highest BCUT2D eigenvalue weighted by Crippen LogP contribution is 2.37. The zero-order valence-corrected chi connectivity index (χ0v) is 8.70. The summed E-state index contributed by atoms with van der Waals surface area (Å²) in [6.45, 7) is 1.79. The second-order valence-electron chi connectivity index (χ2n) is 4.63. The van der Waals surface area contributed by atoms with E-state index < -0.39 is 0 Å². The maximum absolute atomic E-state index is 11.8. The highest BCUT2D eigenvalue weighted by atomic mass is 16.1. The Morgan fingerprint density at radius 2 is 2.13 bits per heavy atom. The highest BCUT2D eigenvalue weighted by molar-refractivity contribution is 5.83. The molecule has 2 nitrogen and oxygen atoms in total. The lowest BCUT2D eigenvalue weighted by molar-refractivity contribution is -0.124. The first-order chi connectivity index (χ1) is 7.34. The molecule has 1 saturated heterocycles. The molecule has 0 amide bonds. The monoisotopic (exact) mass is 201 g/mol. The number of ketones is 1. The Bertz CT molecular complexity index is 395. The minimum absolute atomic E-state index is 0.303. The SMILES string of the molecule is O=C(CC1Cc2ccccc21)C1CNC1. The van der Waals surface area contributed by atoms with E-state index in [9.17, 15) is 4.79 Å². The first-order valence-electron chi connectivity index (χ1n) is 5.66. The zero-order chi connectivity index (χ0) is 10.3. The van der Waals surface area contributed by atoms with Crippen molar-refractivity contribution in [1.29, 1.82) is 0 Å². The third-order valence-corrected chi connectivity index (χ3v) is 3.65. The van der Waals surface area contributed by atoms with E-state index in [4.69, 9.17) is 0 Å². The maximum atomic E-state index is 11.8. The number of carbonyl (C=O) groups is 1. The Morgan fingerprint density at radius 1 is 1.33 bits per heavy atom. The van der Waals surface area contributed by atoms with Gasteiger partial charge in [0, 0.05) is 25.4 Å². The second kappa shape index (κ2) is 3.46. The van der Waals surface area contributed by atoms with Crippen LogP contribution in [0.4, 0.5) is 0 Å². The van der Waals surface area contributed by atoms with E-state index in [-0.39, 0.29) is 0 Å². The molecular weight excluding hydrogens is 186 g/mol. The van der Waals surface area contributed by atoms with Crippen molar-refractivity contribution >= 4 is 5.78 Å². The smallest absolute Gasteiger partial charge is 0.139 e. The number of nitrogens with one attached hydrogen (secondary N) is 1. The average molecular weight is 201 g/mol. The van der Waals surface area contributed by atoms with Crippen LogP contribution in [0, 0.1) is 5.92 Å². The Labute approximate surface area is 89.7 Å². The minimum Gasteiger partial charge on any atom is -0.315 e. The van der Waals surface area contributed by atoms with Gasteiger partial charge in [-0.1, -0.05) is 24.3 Å². The molecule has 0 spiro atoms. The Hall–Kier alpha value is -1.15. The van der Waals surface area contributed by atoms with Crippen LogP contribution in [0.2, 0.25) is 0 Å². The summed E-state index contributed by atoms with van der Waals surface area (Å²) in [5.74, 6) is 1.26. The third kappa shape index (κ3) is 1.49. The Kier molecular flexibility index (Phi) is 2.10. The van der Waals surface area contributed by atoms with Gasteiger partial charge in [-0.05, 0) is 23.5 Å². The lowest BCUT2D eigenvalue weighted by Crippen LogP contribution is -2.47. The van der Waals surface area contributed by atoms with Gasteiger partial charge in [0.2, 0.25) is 0 Å². The predicted molar refractivity (Wildman–Crippen MR) is 58.9 cm³/mol. The molecule has 0 radical (unpaired) electrons. The lowest BCUT2D eigenvalue weighted by atomic mass is 9.73. The molecule has 3 rings (SSSR count). The molecule has 1 aliphatic carbocycles. The fourth-order valence-electron chi connectivity index (χ4n) is 2.47. The van der Waals surface area contributed by atoms with Crippen molar-refractivity contribution < 1.29 is 4.79 Å². The van der Waals surface area contributed by atoms with Gasteiger partial charge in [0.25, 0.3) is 0 Å². The van der Waals surface area contributed by atoms with Crippen LogP contribution in [0.3, 0.4) is 0 Å². The van der Waals surface area contributed by atoms with Gasteiger partial charge in [0.05, 0.1) is 0 Å². The molecule has 1 fully saturated rings. The van der Waals surface area contributed by atoms with Gasteiger partial charge in [-0.2, -0.15) is 0 Å². The first-order valence-corrected chi connectivity index (χ1v) is 5.66. The number of Topliss-reactive ketones (excluding diaryl/α,β-unsaturated/α-hetero) is 1. The van der Waals surface area contributed by atoms with Crippen molar-refractivity contribution in [2.75, 3.05) is 13.1 Å². The molecule has 0 aromatic heterocycles. The first kappa shape index (κ1) is 9.10. The summed E-state index contributed by atoms with van der Waals surface area (Å²) in [5, 5.41) is 3.15. The fraction of sp³-hybridized carbons (Fsp3) is 0.462. The number of hydrogen-bond acceptors (Lipinski definition) is 2. The molecule has 0 saturated carbocycles. The van der Waals surface area contributed by atoms with Crippen LogP contribution in [0.1, 0.15) is 23.5 Å². The molecule has 1 unspecified atom stereocenters. The normalized spacial score (nSPS) is 23.9. The third-order valence-electron chi connectivity index (χ3n) is 3.65. The summed E-state index contributed by atoms with van der Waals surface area (Å²) in [4.78, 5) is 11.8. The summed E-state index contributed by atoms with van der Waals surface area (Å²) in [7, 11) is 0. The second-order valence-corrected chi connectivity index (χ2v) is 4.63. The minimum atomic E-state index is 0.303. The molecule has 1 aliphatic heterocycles. The highest BCUT2D eigenvalue weighted by Gasteiger charge is 2.31. The molecule has 1 N–H and O–H groups in total. The molecular formula is C13H15NO. The van der Waals surface area contributed by atoms with Gasteiger partial charge in [-0.25, -0.2) is 0 Å². The van der Waals surface area contributed by atoms with E-state index in [1.807, 2.05) is 0 Å². The van der Waals surface area contributed by atoms with Crippen LogP contribution in [0.5, 0.6) is 0 Å². The van der Waals surface area contributed by atoms with Gasteiger partial charge < -0.3 is 5.32 Å². The van der Waals surface area contributed by atoms with Gasteiger partial charge >= 0.3 is 0 Å². The van der Waals surface area contributed by atoms with Crippen molar-refractivity contribution in [3.63, 3.8) is 0 Å². The van der Waals surface area contributed by atoms with Crippen LogP contribution in [-0.2, 0) is 11.2 Å². The quantitative estimate of drug-likeness (QED) is 0.803. The van der Waals surface area contributed by atoms with Crippen LogP contribution in [-0.4, -0.2) is 18.9 Å². The standard InChI is InChI=1S/C13H15NO/c15-13(11-7-14-8-11)6-10-5-9-3-1-2-4-12(9)10/h1-4,10-11,14H,5-8H2. The topological polar surface area (TPSA) is 29.1 Å². The Morgan fingerprint density at radius 3 is 2.80 bits per heavy atom. The van der Waals surface area contributed by atoms with Crippen molar-refractivity contribution in [1.82, 2.24) is 5.32 Å². The maximum Gasteiger partial charge on any atom is 0.139 e. The number of fused-ring (bicyclic) bond motifs is 1. The van der Waals surface area contributed by atoms with Gasteiger partial charge in [0.1, 0.15) is 5.78 Å². The van der Waals surface area contributed by atoms with Gasteiger partial charge in [-0.15, -0.1) is 0 Å². The van der Waals surface area contributed by atoms with Crippen LogP contribution in [0.15, 0.2) is 24.3 Å². The van der Waals surface area contributed by atoms with Crippen LogP contribution in [0.25, 0.3) is 0 Å². The van der Waals surface area contributed by atoms with E-state index >= 15 is 0 Å². The van der Waals surface area contributed by atoms with E-state index in [1.54, 1.807) is 0 Å². The van der Waals surface area contributed by atoms with Crippen molar-refractivity contribution in [3.05, 3.63) is 35.4 Å². The van der Waals surface area contributed by atoms with E-state index in [0.29, 0.717) is 17.6 Å². The molecule has 0 bridgehead atoms. The van der Waals surface area contributed by atoms with E-state index in [1.165, 1.54) is 11.1 Å². The van der Waals surface area contributed by atoms with Crippen LogP contribution >= 0.6 is 0 Å². The summed E-state index contributed by atoms with van der Waals surface area (Å²) in [6.07, 6.45) is 1.85. The lowest BCUT2D eigenvalue weighted by Gasteiger charge is -2.32. The largest absolute Gasteiger partial charge is 0.315 e. The molecule has 2 heteroatoms. The molecule has 1 heterocycles. The summed E-state index contributed by atoms with van der Waals surface area (Å²) in [6, 6.07) is 8.48. The summed E-state index contributed by atoms with van der Waals surface area (Å²) in [5.41, 5.74) is 2.83. The van der Waals surface area contributed by atoms with Gasteiger partial charge in [0.15, 0.2) is 0 Å². The van der Waals surface area contributed by atoms with Crippen molar-refractivity contribution in [3.8, 4) is 0 Å². The molecule has 15 heavy (non-hydrogen) atoms. The molecule has 78 valence electrons. The number of carbonyl (C=O) groups excluding carboxylic acids is 1. The summed E-state index contributed by atoms with van der Waals surface area (Å²) >= 11 is 0. The number of hydrogen-bond donors (Lipinski definition) is 1. The molecule has 2 aliphatic rings. The van der Waals surface area contributed by atoms with E-state index in [0.717, 1.165) is 25.9 Å². The fourth-order valence-corrected chi connectivity index (χ4v) is 2.47. The van der Waals surface area contributed by atoms with Crippen LogP contribution < -0.4 is 5.32 Å².